The van der Waals surface area contributed by atoms with Crippen LogP contribution in [-0.2, 0) is 9.84 Å². The van der Waals surface area contributed by atoms with E-state index in [9.17, 15) is 12.8 Å². The number of hydrogen-bond acceptors (Lipinski definition) is 3. The average molecular weight is 287 g/mol. The maximum atomic E-state index is 12.8. The molecule has 0 aliphatic rings. The van der Waals surface area contributed by atoms with E-state index in [1.165, 1.54) is 24.3 Å². The molecule has 19 heavy (non-hydrogen) atoms. The highest BCUT2D eigenvalue weighted by atomic mass is 32.2. The first-order valence-corrected chi connectivity index (χ1v) is 8.04. The van der Waals surface area contributed by atoms with Gasteiger partial charge < -0.3 is 5.32 Å². The van der Waals surface area contributed by atoms with E-state index in [-0.39, 0.29) is 22.1 Å². The van der Waals surface area contributed by atoms with Crippen molar-refractivity contribution in [2.45, 2.75) is 38.6 Å². The van der Waals surface area contributed by atoms with Gasteiger partial charge in [-0.25, -0.2) is 12.8 Å². The molecule has 0 fully saturated rings. The van der Waals surface area contributed by atoms with Crippen molar-refractivity contribution < 1.29 is 12.8 Å². The Hall–Kier alpha value is -0.940. The van der Waals surface area contributed by atoms with E-state index < -0.39 is 15.7 Å². The molecule has 108 valence electrons. The van der Waals surface area contributed by atoms with Gasteiger partial charge in [0.15, 0.2) is 9.84 Å². The number of halogens is 1. The lowest BCUT2D eigenvalue weighted by atomic mass is 9.88. The Bertz CT molecular complexity index is 503. The number of rotatable bonds is 5. The second-order valence-electron chi connectivity index (χ2n) is 5.71. The van der Waals surface area contributed by atoms with Crippen LogP contribution in [0, 0.1) is 11.2 Å². The second kappa shape index (κ2) is 6.01. The summed E-state index contributed by atoms with van der Waals surface area (Å²) in [6, 6.07) is 4.83. The van der Waals surface area contributed by atoms with Crippen LogP contribution in [0.25, 0.3) is 0 Å². The lowest BCUT2D eigenvalue weighted by molar-refractivity contribution is 0.292. The molecule has 3 nitrogen and oxygen atoms in total. The Labute approximate surface area is 115 Å². The molecular formula is C14H22FNO2S. The smallest absolute Gasteiger partial charge is 0.179 e. The Morgan fingerprint density at radius 2 is 1.74 bits per heavy atom. The topological polar surface area (TPSA) is 46.2 Å². The molecule has 1 unspecified atom stereocenters. The van der Waals surface area contributed by atoms with Gasteiger partial charge in [0.25, 0.3) is 0 Å². The van der Waals surface area contributed by atoms with Gasteiger partial charge in [0, 0.05) is 6.04 Å². The number of benzene rings is 1. The zero-order valence-corrected chi connectivity index (χ0v) is 12.7. The van der Waals surface area contributed by atoms with Crippen molar-refractivity contribution >= 4 is 9.84 Å². The summed E-state index contributed by atoms with van der Waals surface area (Å²) < 4.78 is 37.5. The third kappa shape index (κ3) is 4.58. The summed E-state index contributed by atoms with van der Waals surface area (Å²) in [5, 5.41) is 3.21. The predicted octanol–water partition coefficient (Wildman–Crippen LogP) is 2.62. The third-order valence-electron chi connectivity index (χ3n) is 3.05. The fourth-order valence-corrected chi connectivity index (χ4v) is 3.62. The van der Waals surface area contributed by atoms with E-state index in [1.54, 1.807) is 0 Å². The molecule has 1 N–H and O–H groups in total. The first-order chi connectivity index (χ1) is 8.66. The average Bonchev–Trinajstić information content (AvgIpc) is 2.27. The van der Waals surface area contributed by atoms with Crippen LogP contribution in [0.15, 0.2) is 29.2 Å². The highest BCUT2D eigenvalue weighted by molar-refractivity contribution is 7.91. The molecule has 0 aromatic heterocycles. The minimum absolute atomic E-state index is 0.00989. The van der Waals surface area contributed by atoms with Crippen LogP contribution in [0.3, 0.4) is 0 Å². The number of nitrogens with one attached hydrogen (secondary N) is 1. The summed E-state index contributed by atoms with van der Waals surface area (Å²) in [5.74, 6) is -0.423. The zero-order valence-electron chi connectivity index (χ0n) is 11.9. The Kier molecular flexibility index (Phi) is 5.10. The number of hydrogen-bond donors (Lipinski definition) is 1. The second-order valence-corrected chi connectivity index (χ2v) is 7.75. The molecule has 1 atom stereocenters. The van der Waals surface area contributed by atoms with Crippen molar-refractivity contribution in [3.8, 4) is 0 Å². The van der Waals surface area contributed by atoms with Gasteiger partial charge in [-0.1, -0.05) is 27.7 Å². The molecule has 0 aliphatic carbocycles. The van der Waals surface area contributed by atoms with Crippen LogP contribution in [0.5, 0.6) is 0 Å². The molecule has 1 aromatic carbocycles. The first-order valence-electron chi connectivity index (χ1n) is 6.38. The van der Waals surface area contributed by atoms with Crippen molar-refractivity contribution in [2.24, 2.45) is 5.41 Å². The molecule has 5 heteroatoms. The van der Waals surface area contributed by atoms with E-state index in [0.717, 1.165) is 0 Å². The maximum Gasteiger partial charge on any atom is 0.179 e. The van der Waals surface area contributed by atoms with Gasteiger partial charge in [-0.05, 0) is 36.2 Å². The van der Waals surface area contributed by atoms with E-state index in [0.29, 0.717) is 6.54 Å². The molecule has 0 amide bonds. The summed E-state index contributed by atoms with van der Waals surface area (Å²) in [7, 11) is -3.41. The van der Waals surface area contributed by atoms with Crippen LogP contribution in [0.4, 0.5) is 4.39 Å². The lowest BCUT2D eigenvalue weighted by Gasteiger charge is -2.31. The molecule has 0 spiro atoms. The Morgan fingerprint density at radius 3 is 2.16 bits per heavy atom. The molecule has 0 radical (unpaired) electrons. The van der Waals surface area contributed by atoms with Crippen LogP contribution in [-0.4, -0.2) is 26.8 Å². The van der Waals surface area contributed by atoms with Crippen LogP contribution < -0.4 is 5.32 Å². The van der Waals surface area contributed by atoms with E-state index >= 15 is 0 Å². The van der Waals surface area contributed by atoms with Crippen LogP contribution >= 0.6 is 0 Å². The third-order valence-corrected chi connectivity index (χ3v) is 4.82. The summed E-state index contributed by atoms with van der Waals surface area (Å²) in [5.41, 5.74) is -0.164. The molecule has 0 aliphatic heterocycles. The van der Waals surface area contributed by atoms with Gasteiger partial charge in [0.1, 0.15) is 5.82 Å². The van der Waals surface area contributed by atoms with Crippen molar-refractivity contribution in [3.63, 3.8) is 0 Å². The Balaban J connectivity index is 2.97. The molecular weight excluding hydrogens is 265 g/mol. The molecule has 1 aromatic rings. The van der Waals surface area contributed by atoms with Crippen molar-refractivity contribution in [1.29, 1.82) is 0 Å². The highest BCUT2D eigenvalue weighted by Gasteiger charge is 2.29. The normalized spacial score (nSPS) is 14.4. The summed E-state index contributed by atoms with van der Waals surface area (Å²) in [6.07, 6.45) is 0. The predicted molar refractivity (Wildman–Crippen MR) is 75.4 cm³/mol. The standard InChI is InChI=1S/C14H22FNO2S/c1-5-16-13(14(2,3)4)10-19(17,18)12-8-6-11(15)7-9-12/h6-9,13,16H,5,10H2,1-4H3. The summed E-state index contributed by atoms with van der Waals surface area (Å²) in [6.45, 7) is 8.66. The van der Waals surface area contributed by atoms with Gasteiger partial charge >= 0.3 is 0 Å². The molecule has 0 saturated heterocycles. The van der Waals surface area contributed by atoms with E-state index in [1.807, 2.05) is 27.7 Å². The number of sulfone groups is 1. The first kappa shape index (κ1) is 16.1. The van der Waals surface area contributed by atoms with E-state index in [2.05, 4.69) is 5.32 Å². The zero-order chi connectivity index (χ0) is 14.7. The molecule has 0 saturated carbocycles. The van der Waals surface area contributed by atoms with Gasteiger partial charge in [0.05, 0.1) is 10.6 Å². The van der Waals surface area contributed by atoms with Gasteiger partial charge in [-0.15, -0.1) is 0 Å². The van der Waals surface area contributed by atoms with Crippen LogP contribution in [0.1, 0.15) is 27.7 Å². The van der Waals surface area contributed by atoms with Crippen molar-refractivity contribution in [1.82, 2.24) is 5.32 Å². The SMILES string of the molecule is CCNC(CS(=O)(=O)c1ccc(F)cc1)C(C)(C)C. The van der Waals surface area contributed by atoms with Crippen molar-refractivity contribution in [3.05, 3.63) is 30.1 Å². The largest absolute Gasteiger partial charge is 0.313 e. The van der Waals surface area contributed by atoms with Gasteiger partial charge in [-0.3, -0.25) is 0 Å². The Morgan fingerprint density at radius 1 is 1.21 bits per heavy atom. The lowest BCUT2D eigenvalue weighted by Crippen LogP contribution is -2.45. The monoisotopic (exact) mass is 287 g/mol. The van der Waals surface area contributed by atoms with E-state index in [4.69, 9.17) is 0 Å². The summed E-state index contributed by atoms with van der Waals surface area (Å²) in [4.78, 5) is 0.168. The molecule has 1 rings (SSSR count). The van der Waals surface area contributed by atoms with Gasteiger partial charge in [-0.2, -0.15) is 0 Å². The highest BCUT2D eigenvalue weighted by Crippen LogP contribution is 2.23. The fraction of sp³-hybridized carbons (Fsp3) is 0.571. The van der Waals surface area contributed by atoms with Crippen molar-refractivity contribution in [2.75, 3.05) is 12.3 Å². The van der Waals surface area contributed by atoms with Crippen LogP contribution in [0.2, 0.25) is 0 Å². The maximum absolute atomic E-state index is 12.8. The minimum atomic E-state index is -3.41. The fourth-order valence-electron chi connectivity index (χ4n) is 1.82. The minimum Gasteiger partial charge on any atom is -0.313 e. The summed E-state index contributed by atoms with van der Waals surface area (Å²) >= 11 is 0. The molecule has 0 heterocycles. The molecule has 0 bridgehead atoms. The quantitative estimate of drug-likeness (QED) is 0.847. The van der Waals surface area contributed by atoms with Gasteiger partial charge in [0.2, 0.25) is 0 Å².